The molecule has 0 aromatic carbocycles. The van der Waals surface area contributed by atoms with Crippen LogP contribution >= 0.6 is 0 Å². The summed E-state index contributed by atoms with van der Waals surface area (Å²) < 4.78 is 12.2. The van der Waals surface area contributed by atoms with Gasteiger partial charge in [0, 0.05) is 36.3 Å². The fourth-order valence-electron chi connectivity index (χ4n) is 2.45. The van der Waals surface area contributed by atoms with E-state index in [9.17, 15) is 4.39 Å². The maximum atomic E-state index is 12.2. The quantitative estimate of drug-likeness (QED) is 0.257. The minimum absolute atomic E-state index is 0.186. The van der Waals surface area contributed by atoms with Crippen LogP contribution in [0.1, 0.15) is 19.4 Å². The summed E-state index contributed by atoms with van der Waals surface area (Å²) in [4.78, 5) is 8.91. The van der Waals surface area contributed by atoms with E-state index in [1.807, 2.05) is 26.0 Å². The molecule has 0 spiro atoms. The number of anilines is 1. The van der Waals surface area contributed by atoms with Gasteiger partial charge in [-0.25, -0.2) is 9.37 Å². The lowest BCUT2D eigenvalue weighted by atomic mass is 10.0. The summed E-state index contributed by atoms with van der Waals surface area (Å²) in [5, 5.41) is 13.4. The Morgan fingerprint density at radius 2 is 2.11 bits per heavy atom. The summed E-state index contributed by atoms with van der Waals surface area (Å²) in [5.41, 5.74) is 15.2. The zero-order valence-electron chi connectivity index (χ0n) is 16.0. The number of allylic oxidation sites excluding steroid dienone is 3. The number of hydrogen-bond donors (Lipinski definition) is 5. The average molecular weight is 383 g/mol. The Kier molecular flexibility index (Phi) is 7.50. The van der Waals surface area contributed by atoms with Crippen molar-refractivity contribution in [3.05, 3.63) is 59.8 Å². The van der Waals surface area contributed by atoms with Crippen molar-refractivity contribution >= 4 is 28.6 Å². The lowest BCUT2D eigenvalue weighted by Gasteiger charge is -2.10. The summed E-state index contributed by atoms with van der Waals surface area (Å²) in [6.07, 6.45) is 7.73. The van der Waals surface area contributed by atoms with Gasteiger partial charge in [0.25, 0.3) is 0 Å². The lowest BCUT2D eigenvalue weighted by Crippen LogP contribution is -2.12. The van der Waals surface area contributed by atoms with E-state index in [-0.39, 0.29) is 12.5 Å². The molecule has 0 unspecified atom stereocenters. The second kappa shape index (κ2) is 10.1. The van der Waals surface area contributed by atoms with E-state index in [4.69, 9.17) is 16.9 Å². The van der Waals surface area contributed by atoms with Crippen molar-refractivity contribution in [3.63, 3.8) is 0 Å². The fraction of sp³-hybridized carbons (Fsp3) is 0.250. The first-order valence-electron chi connectivity index (χ1n) is 8.91. The van der Waals surface area contributed by atoms with Crippen molar-refractivity contribution in [3.8, 4) is 0 Å². The lowest BCUT2D eigenvalue weighted by molar-refractivity contribution is 0.487. The van der Waals surface area contributed by atoms with Gasteiger partial charge in [-0.1, -0.05) is 13.8 Å². The standard InChI is InChI=1S/C20H26FN7/c1-13(2)14(9-22)8-19(24)28-20-4-3-17-18(27-20)7-15(12-26-17)16(10-23)11-25-6-5-21/h3-4,7-13,23,25H,5-6,22,24H2,1-2H3,(H,27,28)/b14-9+,16-11+,19-8+,23-10?. The number of nitrogens with zero attached hydrogens (tertiary/aromatic N) is 2. The maximum Gasteiger partial charge on any atom is 0.132 e. The molecule has 2 aromatic rings. The van der Waals surface area contributed by atoms with Crippen molar-refractivity contribution in [2.75, 3.05) is 18.5 Å². The molecule has 7 nitrogen and oxygen atoms in total. The number of rotatable bonds is 9. The Hall–Kier alpha value is -3.42. The number of nitrogens with two attached hydrogens (primary N) is 2. The van der Waals surface area contributed by atoms with Gasteiger partial charge in [-0.2, -0.15) is 0 Å². The number of nitrogens with one attached hydrogen (secondary N) is 3. The SMILES string of the molecule is CC(C)C(=C/N)/C=C(\N)Nc1ccc2ncc(/C(C=N)=C/NCCF)cc2n1. The smallest absolute Gasteiger partial charge is 0.132 e. The van der Waals surface area contributed by atoms with Crippen molar-refractivity contribution < 1.29 is 4.39 Å². The number of hydrogen-bond acceptors (Lipinski definition) is 7. The molecule has 148 valence electrons. The van der Waals surface area contributed by atoms with Crippen molar-refractivity contribution in [2.24, 2.45) is 17.4 Å². The maximum absolute atomic E-state index is 12.2. The molecule has 0 aliphatic carbocycles. The van der Waals surface area contributed by atoms with Gasteiger partial charge in [-0.3, -0.25) is 4.98 Å². The molecular weight excluding hydrogens is 357 g/mol. The normalized spacial score (nSPS) is 13.1. The van der Waals surface area contributed by atoms with E-state index < -0.39 is 6.67 Å². The molecular formula is C20H26FN7. The Bertz CT molecular complexity index is 916. The van der Waals surface area contributed by atoms with Gasteiger partial charge in [0.2, 0.25) is 0 Å². The van der Waals surface area contributed by atoms with Crippen LogP contribution in [0.15, 0.2) is 54.3 Å². The Labute approximate surface area is 163 Å². The Balaban J connectivity index is 2.30. The first-order chi connectivity index (χ1) is 13.5. The van der Waals surface area contributed by atoms with E-state index in [1.54, 1.807) is 24.5 Å². The van der Waals surface area contributed by atoms with Crippen molar-refractivity contribution in [1.82, 2.24) is 15.3 Å². The monoisotopic (exact) mass is 383 g/mol. The fourth-order valence-corrected chi connectivity index (χ4v) is 2.45. The highest BCUT2D eigenvalue weighted by Gasteiger charge is 2.06. The van der Waals surface area contributed by atoms with Crippen LogP contribution in [0, 0.1) is 11.3 Å². The van der Waals surface area contributed by atoms with Crippen LogP contribution in [0.4, 0.5) is 10.2 Å². The molecule has 0 fully saturated rings. The zero-order valence-corrected chi connectivity index (χ0v) is 16.0. The van der Waals surface area contributed by atoms with Crippen LogP contribution in [-0.4, -0.2) is 29.4 Å². The number of halogens is 1. The molecule has 0 saturated carbocycles. The third-order valence-electron chi connectivity index (χ3n) is 3.98. The molecule has 7 N–H and O–H groups in total. The predicted octanol–water partition coefficient (Wildman–Crippen LogP) is 2.89. The highest BCUT2D eigenvalue weighted by molar-refractivity contribution is 6.08. The molecule has 2 rings (SSSR count). The van der Waals surface area contributed by atoms with Crippen LogP contribution in [0.5, 0.6) is 0 Å². The van der Waals surface area contributed by atoms with Crippen molar-refractivity contribution in [2.45, 2.75) is 13.8 Å². The first kappa shape index (κ1) is 20.9. The molecule has 2 aromatic heterocycles. The molecule has 2 heterocycles. The summed E-state index contributed by atoms with van der Waals surface area (Å²) in [5.74, 6) is 1.24. The van der Waals surface area contributed by atoms with Crippen LogP contribution < -0.4 is 22.1 Å². The van der Waals surface area contributed by atoms with Gasteiger partial charge in [0.1, 0.15) is 18.3 Å². The van der Waals surface area contributed by atoms with Crippen molar-refractivity contribution in [1.29, 1.82) is 5.41 Å². The molecule has 0 amide bonds. The molecule has 0 bridgehead atoms. The van der Waals surface area contributed by atoms with Gasteiger partial charge < -0.3 is 27.5 Å². The molecule has 8 heteroatoms. The minimum atomic E-state index is -0.485. The second-order valence-electron chi connectivity index (χ2n) is 6.39. The summed E-state index contributed by atoms with van der Waals surface area (Å²) >= 11 is 0. The van der Waals surface area contributed by atoms with Crippen LogP contribution in [0.25, 0.3) is 16.6 Å². The summed E-state index contributed by atoms with van der Waals surface area (Å²) in [6, 6.07) is 5.44. The molecule has 0 radical (unpaired) electrons. The Morgan fingerprint density at radius 3 is 2.75 bits per heavy atom. The highest BCUT2D eigenvalue weighted by Crippen LogP contribution is 2.19. The van der Waals surface area contributed by atoms with E-state index in [2.05, 4.69) is 20.6 Å². The van der Waals surface area contributed by atoms with E-state index in [1.165, 1.54) is 12.4 Å². The zero-order chi connectivity index (χ0) is 20.5. The third kappa shape index (κ3) is 5.54. The third-order valence-corrected chi connectivity index (χ3v) is 3.98. The van der Waals surface area contributed by atoms with Crippen LogP contribution in [-0.2, 0) is 0 Å². The van der Waals surface area contributed by atoms with Gasteiger partial charge >= 0.3 is 0 Å². The number of fused-ring (bicyclic) bond motifs is 1. The number of aromatic nitrogens is 2. The predicted molar refractivity (Wildman–Crippen MR) is 113 cm³/mol. The van der Waals surface area contributed by atoms with Gasteiger partial charge in [0.05, 0.1) is 11.0 Å². The largest absolute Gasteiger partial charge is 0.404 e. The molecule has 0 atom stereocenters. The van der Waals surface area contributed by atoms with Gasteiger partial charge in [-0.05, 0) is 42.0 Å². The Morgan fingerprint density at radius 1 is 1.32 bits per heavy atom. The summed E-state index contributed by atoms with van der Waals surface area (Å²) in [6.45, 7) is 3.76. The number of pyridine rings is 2. The van der Waals surface area contributed by atoms with Crippen LogP contribution in [0.2, 0.25) is 0 Å². The molecule has 0 aliphatic rings. The number of alkyl halides is 1. The topological polar surface area (TPSA) is 126 Å². The second-order valence-corrected chi connectivity index (χ2v) is 6.39. The highest BCUT2D eigenvalue weighted by atomic mass is 19.1. The van der Waals surface area contributed by atoms with E-state index in [0.717, 1.165) is 5.57 Å². The van der Waals surface area contributed by atoms with E-state index in [0.29, 0.717) is 33.8 Å². The first-order valence-corrected chi connectivity index (χ1v) is 8.91. The van der Waals surface area contributed by atoms with Crippen LogP contribution in [0.3, 0.4) is 0 Å². The summed E-state index contributed by atoms with van der Waals surface area (Å²) in [7, 11) is 0. The average Bonchev–Trinajstić information content (AvgIpc) is 2.68. The molecule has 0 saturated heterocycles. The van der Waals surface area contributed by atoms with Gasteiger partial charge in [-0.15, -0.1) is 0 Å². The minimum Gasteiger partial charge on any atom is -0.404 e. The van der Waals surface area contributed by atoms with E-state index >= 15 is 0 Å². The van der Waals surface area contributed by atoms with Gasteiger partial charge in [0.15, 0.2) is 0 Å². The molecule has 0 aliphatic heterocycles. The molecule has 28 heavy (non-hydrogen) atoms.